The molecule has 3 N–H and O–H groups in total. The van der Waals surface area contributed by atoms with Crippen LogP contribution in [-0.4, -0.2) is 43.2 Å². The summed E-state index contributed by atoms with van der Waals surface area (Å²) >= 11 is 0. The molecule has 1 rings (SSSR count). The number of nitrogens with one attached hydrogen (secondary N) is 3. The molecule has 5 nitrogen and oxygen atoms in total. The van der Waals surface area contributed by atoms with Crippen LogP contribution in [0.2, 0.25) is 0 Å². The summed E-state index contributed by atoms with van der Waals surface area (Å²) in [5.41, 5.74) is -1.23. The molecule has 0 aromatic carbocycles. The zero-order chi connectivity index (χ0) is 19.8. The van der Waals surface area contributed by atoms with Gasteiger partial charge in [0.2, 0.25) is 11.8 Å². The summed E-state index contributed by atoms with van der Waals surface area (Å²) in [4.78, 5) is 24.8. The number of hydrogen-bond donors (Lipinski definition) is 3. The normalized spacial score (nSPS) is 26.2. The molecule has 26 heavy (non-hydrogen) atoms. The number of carbonyl (C=O) groups excluding carboxylic acids is 2. The second kappa shape index (κ2) is 9.94. The highest BCUT2D eigenvalue weighted by atomic mass is 19.4. The van der Waals surface area contributed by atoms with Crippen molar-refractivity contribution in [3.05, 3.63) is 12.7 Å². The van der Waals surface area contributed by atoms with Crippen molar-refractivity contribution in [3.8, 4) is 0 Å². The summed E-state index contributed by atoms with van der Waals surface area (Å²) in [5, 5.41) is 8.00. The summed E-state index contributed by atoms with van der Waals surface area (Å²) in [7, 11) is 0. The summed E-state index contributed by atoms with van der Waals surface area (Å²) in [6.07, 6.45) is 0.720. The molecule has 3 atom stereocenters. The van der Waals surface area contributed by atoms with Gasteiger partial charge in [-0.1, -0.05) is 19.4 Å². The van der Waals surface area contributed by atoms with Gasteiger partial charge in [0.05, 0.1) is 6.54 Å². The summed E-state index contributed by atoms with van der Waals surface area (Å²) < 4.78 is 37.4. The molecular weight excluding hydrogens is 347 g/mol. The number of carbonyl (C=O) groups is 2. The van der Waals surface area contributed by atoms with Gasteiger partial charge >= 0.3 is 6.18 Å². The van der Waals surface area contributed by atoms with Crippen LogP contribution in [0.25, 0.3) is 0 Å². The predicted octanol–water partition coefficient (Wildman–Crippen LogP) is 2.53. The van der Waals surface area contributed by atoms with Gasteiger partial charge in [0.15, 0.2) is 0 Å². The number of amides is 2. The first-order valence-corrected chi connectivity index (χ1v) is 9.11. The van der Waals surface area contributed by atoms with E-state index in [0.29, 0.717) is 19.4 Å². The number of hydrogen-bond acceptors (Lipinski definition) is 3. The molecule has 0 saturated heterocycles. The Labute approximate surface area is 153 Å². The van der Waals surface area contributed by atoms with Crippen molar-refractivity contribution in [1.82, 2.24) is 16.0 Å². The smallest absolute Gasteiger partial charge is 0.354 e. The number of allylic oxidation sites excluding steroid dienone is 1. The lowest BCUT2D eigenvalue weighted by atomic mass is 9.67. The Hall–Kier alpha value is -1.57. The average molecular weight is 377 g/mol. The zero-order valence-corrected chi connectivity index (χ0v) is 15.5. The summed E-state index contributed by atoms with van der Waals surface area (Å²) in [6.45, 7) is 6.44. The lowest BCUT2D eigenvalue weighted by molar-refractivity contribution is -0.138. The number of alkyl halides is 3. The molecule has 0 aliphatic heterocycles. The SMILES string of the molecule is C=C[C@@H]1CCC(CNCC(F)(F)F)[C@@](NC(C)=O)(C(=O)NCCCC)C1. The summed E-state index contributed by atoms with van der Waals surface area (Å²) in [5.74, 6) is -1.10. The van der Waals surface area contributed by atoms with Gasteiger partial charge in [0, 0.05) is 25.9 Å². The zero-order valence-electron chi connectivity index (χ0n) is 15.5. The van der Waals surface area contributed by atoms with E-state index in [1.54, 1.807) is 6.08 Å². The van der Waals surface area contributed by atoms with Crippen molar-refractivity contribution in [1.29, 1.82) is 0 Å². The third kappa shape index (κ3) is 6.63. The molecule has 1 fully saturated rings. The molecule has 2 amide bonds. The maximum absolute atomic E-state index is 13.0. The molecule has 0 heterocycles. The van der Waals surface area contributed by atoms with E-state index in [2.05, 4.69) is 22.5 Å². The molecular formula is C18H30F3N3O2. The molecule has 8 heteroatoms. The number of halogens is 3. The van der Waals surface area contributed by atoms with Crippen LogP contribution in [0, 0.1) is 11.8 Å². The molecule has 0 radical (unpaired) electrons. The standard InChI is InChI=1S/C18H30F3N3O2/c1-4-6-9-23-16(26)17(24-13(3)25)10-14(5-2)7-8-15(17)11-22-12-18(19,20)21/h5,14-15,22H,2,4,6-12H2,1,3H3,(H,23,26)(H,24,25)/t14-,15?,17-/m1/s1. The largest absolute Gasteiger partial charge is 0.401 e. The van der Waals surface area contributed by atoms with Crippen LogP contribution in [0.1, 0.15) is 46.0 Å². The fourth-order valence-electron chi connectivity index (χ4n) is 3.55. The molecule has 1 aliphatic rings. The first kappa shape index (κ1) is 22.5. The lowest BCUT2D eigenvalue weighted by Gasteiger charge is -2.45. The van der Waals surface area contributed by atoms with Crippen LogP contribution in [0.3, 0.4) is 0 Å². The van der Waals surface area contributed by atoms with E-state index in [0.717, 1.165) is 19.3 Å². The molecule has 1 unspecified atom stereocenters. The average Bonchev–Trinajstić information content (AvgIpc) is 2.54. The monoisotopic (exact) mass is 377 g/mol. The molecule has 0 spiro atoms. The second-order valence-corrected chi connectivity index (χ2v) is 6.98. The number of unbranched alkanes of at least 4 members (excludes halogenated alkanes) is 1. The van der Waals surface area contributed by atoms with Crippen LogP contribution < -0.4 is 16.0 Å². The van der Waals surface area contributed by atoms with Gasteiger partial charge in [-0.3, -0.25) is 9.59 Å². The van der Waals surface area contributed by atoms with Crippen LogP contribution in [0.5, 0.6) is 0 Å². The van der Waals surface area contributed by atoms with Crippen molar-refractivity contribution in [2.45, 2.75) is 57.7 Å². The van der Waals surface area contributed by atoms with Crippen molar-refractivity contribution < 1.29 is 22.8 Å². The van der Waals surface area contributed by atoms with E-state index in [1.807, 2.05) is 6.92 Å². The fraction of sp³-hybridized carbons (Fsp3) is 0.778. The van der Waals surface area contributed by atoms with Gasteiger partial charge in [-0.05, 0) is 31.6 Å². The van der Waals surface area contributed by atoms with Crippen molar-refractivity contribution in [2.75, 3.05) is 19.6 Å². The Morgan fingerprint density at radius 1 is 1.31 bits per heavy atom. The van der Waals surface area contributed by atoms with E-state index in [9.17, 15) is 22.8 Å². The molecule has 150 valence electrons. The minimum Gasteiger partial charge on any atom is -0.354 e. The maximum Gasteiger partial charge on any atom is 0.401 e. The van der Waals surface area contributed by atoms with Gasteiger partial charge in [0.1, 0.15) is 5.54 Å². The highest BCUT2D eigenvalue weighted by Gasteiger charge is 2.49. The summed E-state index contributed by atoms with van der Waals surface area (Å²) in [6, 6.07) is 0. The Morgan fingerprint density at radius 3 is 2.54 bits per heavy atom. The van der Waals surface area contributed by atoms with Crippen LogP contribution >= 0.6 is 0 Å². The van der Waals surface area contributed by atoms with Gasteiger partial charge < -0.3 is 16.0 Å². The highest BCUT2D eigenvalue weighted by Crippen LogP contribution is 2.38. The quantitative estimate of drug-likeness (QED) is 0.427. The van der Waals surface area contributed by atoms with Crippen molar-refractivity contribution >= 4 is 11.8 Å². The molecule has 1 aliphatic carbocycles. The van der Waals surface area contributed by atoms with Gasteiger partial charge in [-0.15, -0.1) is 6.58 Å². The topological polar surface area (TPSA) is 70.2 Å². The Kier molecular flexibility index (Phi) is 8.59. The molecule has 0 bridgehead atoms. The Bertz CT molecular complexity index is 497. The Morgan fingerprint density at radius 2 is 2.00 bits per heavy atom. The first-order valence-electron chi connectivity index (χ1n) is 9.11. The number of rotatable bonds is 9. The van der Waals surface area contributed by atoms with Crippen molar-refractivity contribution in [3.63, 3.8) is 0 Å². The molecule has 0 aromatic rings. The van der Waals surface area contributed by atoms with Crippen LogP contribution in [0.4, 0.5) is 13.2 Å². The van der Waals surface area contributed by atoms with E-state index >= 15 is 0 Å². The predicted molar refractivity (Wildman–Crippen MR) is 94.4 cm³/mol. The second-order valence-electron chi connectivity index (χ2n) is 6.98. The maximum atomic E-state index is 13.0. The minimum atomic E-state index is -4.32. The minimum absolute atomic E-state index is 0.00481. The Balaban J connectivity index is 3.01. The lowest BCUT2D eigenvalue weighted by Crippen LogP contribution is -2.66. The van der Waals surface area contributed by atoms with Crippen molar-refractivity contribution in [2.24, 2.45) is 11.8 Å². The van der Waals surface area contributed by atoms with E-state index in [4.69, 9.17) is 0 Å². The van der Waals surface area contributed by atoms with Crippen LogP contribution in [0.15, 0.2) is 12.7 Å². The van der Waals surface area contributed by atoms with E-state index in [1.165, 1.54) is 6.92 Å². The third-order valence-electron chi connectivity index (χ3n) is 4.84. The van der Waals surface area contributed by atoms with E-state index in [-0.39, 0.29) is 24.3 Å². The third-order valence-corrected chi connectivity index (χ3v) is 4.84. The first-order chi connectivity index (χ1) is 12.1. The molecule has 0 aromatic heterocycles. The van der Waals surface area contributed by atoms with Gasteiger partial charge in [0.25, 0.3) is 0 Å². The highest BCUT2D eigenvalue weighted by molar-refractivity contribution is 5.91. The van der Waals surface area contributed by atoms with Crippen LogP contribution in [-0.2, 0) is 9.59 Å². The van der Waals surface area contributed by atoms with Gasteiger partial charge in [-0.25, -0.2) is 0 Å². The van der Waals surface area contributed by atoms with E-state index < -0.39 is 24.2 Å². The molecule has 1 saturated carbocycles. The van der Waals surface area contributed by atoms with Gasteiger partial charge in [-0.2, -0.15) is 13.2 Å². The fourth-order valence-corrected chi connectivity index (χ4v) is 3.55.